The number of carbonyl (C=O) groups excluding carboxylic acids is 1. The Bertz CT molecular complexity index is 1580. The van der Waals surface area contributed by atoms with Crippen LogP contribution in [0, 0.1) is 12.8 Å². The van der Waals surface area contributed by atoms with Crippen LogP contribution in [-0.2, 0) is 36.8 Å². The Balaban J connectivity index is 1.36. The van der Waals surface area contributed by atoms with Crippen molar-refractivity contribution >= 4 is 40.5 Å². The first kappa shape index (κ1) is 32.2. The number of piperidine rings is 1. The van der Waals surface area contributed by atoms with Crippen LogP contribution >= 0.6 is 0 Å². The molecule has 3 aromatic rings. The van der Waals surface area contributed by atoms with E-state index >= 15 is 0 Å². The lowest BCUT2D eigenvalue weighted by Crippen LogP contribution is -2.57. The smallest absolute Gasteiger partial charge is 0.348 e. The van der Waals surface area contributed by atoms with Crippen LogP contribution in [0.15, 0.2) is 30.6 Å². The topological polar surface area (TPSA) is 223 Å². The molecular weight excluding hydrogens is 588 g/mol. The van der Waals surface area contributed by atoms with E-state index < -0.39 is 60.4 Å². The van der Waals surface area contributed by atoms with E-state index in [4.69, 9.17) is 15.2 Å². The summed E-state index contributed by atoms with van der Waals surface area (Å²) in [5.74, 6) is -3.50. The molecule has 2 saturated heterocycles. The molecule has 0 radical (unpaired) electrons. The molecule has 2 aliphatic heterocycles. The lowest BCUT2D eigenvalue weighted by Gasteiger charge is -2.36. The number of aromatic nitrogens is 4. The third-order valence-electron chi connectivity index (χ3n) is 8.78. The summed E-state index contributed by atoms with van der Waals surface area (Å²) in [5, 5.41) is 43.2. The maximum absolute atomic E-state index is 12.5. The van der Waals surface area contributed by atoms with Crippen LogP contribution < -0.4 is 10.6 Å². The van der Waals surface area contributed by atoms with Crippen molar-refractivity contribution < 1.29 is 44.3 Å². The van der Waals surface area contributed by atoms with Crippen molar-refractivity contribution in [1.29, 1.82) is 0 Å². The van der Waals surface area contributed by atoms with Gasteiger partial charge in [0.15, 0.2) is 11.5 Å². The fourth-order valence-corrected chi connectivity index (χ4v) is 6.11. The first-order valence-corrected chi connectivity index (χ1v) is 14.8. The number of imidazole rings is 1. The summed E-state index contributed by atoms with van der Waals surface area (Å²) in [4.78, 5) is 51.7. The Morgan fingerprint density at radius 2 is 1.87 bits per heavy atom. The summed E-state index contributed by atoms with van der Waals surface area (Å²) in [5.41, 5.74) is 3.05. The van der Waals surface area contributed by atoms with Crippen molar-refractivity contribution in [2.24, 2.45) is 5.92 Å². The number of amides is 1. The quantitative estimate of drug-likeness (QED) is 0.187. The third-order valence-corrected chi connectivity index (χ3v) is 8.78. The number of carboxylic acids is 2. The molecule has 2 aliphatic rings. The molecule has 4 atom stereocenters. The molecule has 242 valence electrons. The van der Waals surface area contributed by atoms with Gasteiger partial charge in [-0.15, -0.1) is 0 Å². The second-order valence-corrected chi connectivity index (χ2v) is 12.0. The molecule has 0 spiro atoms. The number of carboxylic acid groups (broad SMARTS) is 2. The van der Waals surface area contributed by atoms with Gasteiger partial charge in [-0.2, -0.15) is 0 Å². The molecule has 0 saturated carbocycles. The van der Waals surface area contributed by atoms with Gasteiger partial charge in [0.1, 0.15) is 35.3 Å². The summed E-state index contributed by atoms with van der Waals surface area (Å²) < 4.78 is 13.3. The first-order valence-electron chi connectivity index (χ1n) is 14.8. The molecule has 5 rings (SSSR count). The third kappa shape index (κ3) is 5.83. The Morgan fingerprint density at radius 3 is 2.49 bits per heavy atom. The Labute approximate surface area is 258 Å². The van der Waals surface area contributed by atoms with Crippen LogP contribution in [0.4, 0.5) is 11.5 Å². The Hall–Kier alpha value is -4.18. The summed E-state index contributed by atoms with van der Waals surface area (Å²) in [6.07, 6.45) is -0.734. The van der Waals surface area contributed by atoms with Crippen LogP contribution in [0.1, 0.15) is 44.5 Å². The number of hydrogen-bond acceptors (Lipinski definition) is 11. The normalized spacial score (nSPS) is 24.1. The van der Waals surface area contributed by atoms with E-state index in [9.17, 15) is 34.8 Å². The minimum absolute atomic E-state index is 0.00599. The lowest BCUT2D eigenvalue weighted by atomic mass is 9.80. The van der Waals surface area contributed by atoms with E-state index in [-0.39, 0.29) is 18.3 Å². The molecule has 2 fully saturated rings. The number of aliphatic carboxylic acids is 2. The molecule has 0 aliphatic carbocycles. The van der Waals surface area contributed by atoms with Crippen molar-refractivity contribution in [3.8, 4) is 0 Å². The summed E-state index contributed by atoms with van der Waals surface area (Å²) >= 11 is 0. The highest BCUT2D eigenvalue weighted by Crippen LogP contribution is 2.39. The van der Waals surface area contributed by atoms with Gasteiger partial charge in [-0.3, -0.25) is 4.79 Å². The number of hydrogen-bond donors (Lipinski definition) is 5. The SMILES string of the molecule is Cc1nc(N)c2ncn(C[C@@H]3O[C@H](COC(Cc4ccc(N5CCCCC5=O)cc4)(C(=O)O)C(=O)O)[C@](O)(C(C)C)[C@H]3O)c2n1. The van der Waals surface area contributed by atoms with Crippen LogP contribution in [-0.4, -0.2) is 100 Å². The average Bonchev–Trinajstić information content (AvgIpc) is 3.50. The van der Waals surface area contributed by atoms with E-state index in [0.29, 0.717) is 41.2 Å². The van der Waals surface area contributed by atoms with Crippen molar-refractivity contribution in [2.45, 2.75) is 82.5 Å². The van der Waals surface area contributed by atoms with E-state index in [1.165, 1.54) is 6.33 Å². The summed E-state index contributed by atoms with van der Waals surface area (Å²) in [6.45, 7) is 4.89. The number of benzene rings is 1. The van der Waals surface area contributed by atoms with Crippen LogP contribution in [0.3, 0.4) is 0 Å². The Morgan fingerprint density at radius 1 is 1.18 bits per heavy atom. The minimum atomic E-state index is -2.74. The number of nitrogen functional groups attached to an aromatic ring is 1. The van der Waals surface area contributed by atoms with Gasteiger partial charge < -0.3 is 45.1 Å². The van der Waals surface area contributed by atoms with E-state index in [0.717, 1.165) is 12.8 Å². The summed E-state index contributed by atoms with van der Waals surface area (Å²) in [6, 6.07) is 6.41. The maximum atomic E-state index is 12.5. The number of ether oxygens (including phenoxy) is 2. The maximum Gasteiger partial charge on any atom is 0.348 e. The lowest BCUT2D eigenvalue weighted by molar-refractivity contribution is -0.195. The molecule has 1 aromatic carbocycles. The molecule has 6 N–H and O–H groups in total. The molecular formula is C30H38N6O9. The zero-order chi connectivity index (χ0) is 32.7. The monoisotopic (exact) mass is 626 g/mol. The fraction of sp³-hybridized carbons (Fsp3) is 0.533. The van der Waals surface area contributed by atoms with Crippen LogP contribution in [0.5, 0.6) is 0 Å². The van der Waals surface area contributed by atoms with E-state index in [1.54, 1.807) is 54.5 Å². The second-order valence-electron chi connectivity index (χ2n) is 12.0. The zero-order valence-corrected chi connectivity index (χ0v) is 25.3. The number of carbonyl (C=O) groups is 3. The first-order chi connectivity index (χ1) is 21.3. The van der Waals surface area contributed by atoms with Crippen LogP contribution in [0.25, 0.3) is 11.2 Å². The van der Waals surface area contributed by atoms with Gasteiger partial charge in [0.2, 0.25) is 5.91 Å². The average molecular weight is 627 g/mol. The Kier molecular flexibility index (Phi) is 8.81. The highest BCUT2D eigenvalue weighted by Gasteiger charge is 2.58. The van der Waals surface area contributed by atoms with Gasteiger partial charge in [0.25, 0.3) is 5.60 Å². The van der Waals surface area contributed by atoms with Crippen molar-refractivity contribution in [2.75, 3.05) is 23.8 Å². The number of nitrogens with zero attached hydrogens (tertiary/aromatic N) is 5. The fourth-order valence-electron chi connectivity index (χ4n) is 6.11. The van der Waals surface area contributed by atoms with Gasteiger partial charge in [-0.25, -0.2) is 24.5 Å². The van der Waals surface area contributed by atoms with E-state index in [2.05, 4.69) is 15.0 Å². The van der Waals surface area contributed by atoms with Gasteiger partial charge in [-0.1, -0.05) is 26.0 Å². The number of anilines is 2. The molecule has 2 aromatic heterocycles. The molecule has 15 heteroatoms. The molecule has 45 heavy (non-hydrogen) atoms. The number of nitrogens with two attached hydrogens (primary N) is 1. The molecule has 1 amide bonds. The number of fused-ring (bicyclic) bond motifs is 1. The number of rotatable bonds is 11. The number of aliphatic hydroxyl groups excluding tert-OH is 1. The highest BCUT2D eigenvalue weighted by atomic mass is 16.6. The zero-order valence-electron chi connectivity index (χ0n) is 25.3. The van der Waals surface area contributed by atoms with Gasteiger partial charge in [0, 0.05) is 25.1 Å². The minimum Gasteiger partial charge on any atom is -0.479 e. The standard InChI is InChI=1S/C30H38N6O9/c1-16(2)30(43)21(45-20(24(30)38)13-35-15-32-23-25(31)33-17(3)34-26(23)35)14-44-29(27(39)40,28(41)42)12-18-7-9-19(10-8-18)36-11-5-4-6-22(36)37/h7-10,15-16,20-21,24,38,43H,4-6,11-14H2,1-3H3,(H,39,40)(H,41,42)(H2,31,33,34)/t20-,21+,24-,30+/m0/s1. The van der Waals surface area contributed by atoms with Crippen LogP contribution in [0.2, 0.25) is 0 Å². The van der Waals surface area contributed by atoms with Gasteiger partial charge in [-0.05, 0) is 43.4 Å². The van der Waals surface area contributed by atoms with Crippen molar-refractivity contribution in [3.63, 3.8) is 0 Å². The molecule has 15 nitrogen and oxygen atoms in total. The van der Waals surface area contributed by atoms with Gasteiger partial charge in [0.05, 0.1) is 19.5 Å². The summed E-state index contributed by atoms with van der Waals surface area (Å²) in [7, 11) is 0. The molecule has 0 unspecified atom stereocenters. The predicted octanol–water partition coefficient (Wildman–Crippen LogP) is 0.917. The highest BCUT2D eigenvalue weighted by molar-refractivity contribution is 6.02. The largest absolute Gasteiger partial charge is 0.479 e. The van der Waals surface area contributed by atoms with Crippen molar-refractivity contribution in [3.05, 3.63) is 42.0 Å². The predicted molar refractivity (Wildman–Crippen MR) is 159 cm³/mol. The van der Waals surface area contributed by atoms with E-state index in [1.807, 2.05) is 0 Å². The number of aryl methyl sites for hydroxylation is 1. The molecule has 0 bridgehead atoms. The molecule has 4 heterocycles. The van der Waals surface area contributed by atoms with Crippen molar-refractivity contribution in [1.82, 2.24) is 19.5 Å². The second kappa shape index (κ2) is 12.3. The number of aliphatic hydroxyl groups is 2. The van der Waals surface area contributed by atoms with Gasteiger partial charge >= 0.3 is 11.9 Å².